The Kier molecular flexibility index (Phi) is 2.94. The van der Waals surface area contributed by atoms with Crippen LogP contribution in [-0.2, 0) is 0 Å². The van der Waals surface area contributed by atoms with E-state index in [0.29, 0.717) is 15.4 Å². The van der Waals surface area contributed by atoms with Crippen LogP contribution in [0.1, 0.15) is 15.2 Å². The first-order chi connectivity index (χ1) is 7.79. The zero-order valence-corrected chi connectivity index (χ0v) is 8.99. The first-order valence-corrected chi connectivity index (χ1v) is 5.32. The quantitative estimate of drug-likeness (QED) is 0.859. The summed E-state index contributed by atoms with van der Waals surface area (Å²) < 4.78 is 0. The van der Waals surface area contributed by atoms with Crippen LogP contribution in [0.15, 0.2) is 36.7 Å². The number of anilines is 1. The van der Waals surface area contributed by atoms with Crippen molar-refractivity contribution in [1.29, 1.82) is 5.26 Å². The lowest BCUT2D eigenvalue weighted by Crippen LogP contribution is -2.10. The monoisotopic (exact) mass is 229 g/mol. The first kappa shape index (κ1) is 10.3. The Morgan fingerprint density at radius 1 is 1.44 bits per heavy atom. The van der Waals surface area contributed by atoms with Gasteiger partial charge in [-0.1, -0.05) is 0 Å². The molecule has 0 aliphatic heterocycles. The number of nitrogens with one attached hydrogen (secondary N) is 1. The zero-order valence-electron chi connectivity index (χ0n) is 8.18. The Hall–Kier alpha value is -2.19. The Bertz CT molecular complexity index is 542. The van der Waals surface area contributed by atoms with Crippen molar-refractivity contribution in [2.24, 2.45) is 0 Å². The molecule has 0 aromatic carbocycles. The summed E-state index contributed by atoms with van der Waals surface area (Å²) in [6.45, 7) is 0. The number of nitrogens with zero attached hydrogens (tertiary/aromatic N) is 2. The molecule has 1 N–H and O–H groups in total. The van der Waals surface area contributed by atoms with Crippen molar-refractivity contribution >= 4 is 22.2 Å². The summed E-state index contributed by atoms with van der Waals surface area (Å²) >= 11 is 1.24. The van der Waals surface area contributed by atoms with Gasteiger partial charge in [-0.3, -0.25) is 9.78 Å². The van der Waals surface area contributed by atoms with Gasteiger partial charge in [-0.15, -0.1) is 11.3 Å². The summed E-state index contributed by atoms with van der Waals surface area (Å²) in [5, 5.41) is 12.0. The third-order valence-electron chi connectivity index (χ3n) is 1.88. The minimum absolute atomic E-state index is 0.223. The Morgan fingerprint density at radius 3 is 2.94 bits per heavy atom. The number of nitriles is 1. The van der Waals surface area contributed by atoms with Crippen molar-refractivity contribution in [2.45, 2.75) is 0 Å². The van der Waals surface area contributed by atoms with Crippen molar-refractivity contribution in [3.05, 3.63) is 47.1 Å². The molecule has 0 bridgehead atoms. The summed E-state index contributed by atoms with van der Waals surface area (Å²) in [4.78, 5) is 16.1. The fraction of sp³-hybridized carbons (Fsp3) is 0. The molecule has 0 unspecified atom stereocenters. The van der Waals surface area contributed by atoms with Crippen LogP contribution in [0.4, 0.5) is 5.00 Å². The second-order valence-corrected chi connectivity index (χ2v) is 4.06. The van der Waals surface area contributed by atoms with Crippen molar-refractivity contribution in [3.63, 3.8) is 0 Å². The van der Waals surface area contributed by atoms with Gasteiger partial charge < -0.3 is 5.32 Å². The predicted molar refractivity (Wildman–Crippen MR) is 61.2 cm³/mol. The average Bonchev–Trinajstić information content (AvgIpc) is 2.78. The fourth-order valence-corrected chi connectivity index (χ4v) is 1.84. The number of pyridine rings is 1. The summed E-state index contributed by atoms with van der Waals surface area (Å²) in [5.74, 6) is -0.223. The Balaban J connectivity index is 2.11. The van der Waals surface area contributed by atoms with E-state index in [9.17, 15) is 4.79 Å². The summed E-state index contributed by atoms with van der Waals surface area (Å²) in [6.07, 6.45) is 3.10. The maximum absolute atomic E-state index is 11.7. The first-order valence-electron chi connectivity index (χ1n) is 4.51. The minimum atomic E-state index is -0.223. The largest absolute Gasteiger partial charge is 0.313 e. The molecule has 4 nitrogen and oxygen atoms in total. The number of hydrogen-bond acceptors (Lipinski definition) is 4. The van der Waals surface area contributed by atoms with E-state index < -0.39 is 0 Å². The van der Waals surface area contributed by atoms with Crippen LogP contribution in [0.5, 0.6) is 0 Å². The van der Waals surface area contributed by atoms with E-state index in [0.717, 1.165) is 0 Å². The van der Waals surface area contributed by atoms with Gasteiger partial charge in [0.2, 0.25) is 0 Å². The second-order valence-electron chi connectivity index (χ2n) is 2.97. The highest BCUT2D eigenvalue weighted by molar-refractivity contribution is 7.16. The lowest BCUT2D eigenvalue weighted by Gasteiger charge is -2.00. The zero-order chi connectivity index (χ0) is 11.4. The Morgan fingerprint density at radius 2 is 2.31 bits per heavy atom. The summed E-state index contributed by atoms with van der Waals surface area (Å²) in [6, 6.07) is 8.77. The molecule has 16 heavy (non-hydrogen) atoms. The number of carbonyl (C=O) groups is 1. The van der Waals surface area contributed by atoms with E-state index in [1.54, 1.807) is 30.5 Å². The van der Waals surface area contributed by atoms with Crippen LogP contribution in [0.3, 0.4) is 0 Å². The van der Waals surface area contributed by atoms with Gasteiger partial charge in [0.05, 0.1) is 10.6 Å². The topological polar surface area (TPSA) is 65.8 Å². The van der Waals surface area contributed by atoms with Gasteiger partial charge in [0.15, 0.2) is 0 Å². The molecule has 0 radical (unpaired) electrons. The maximum Gasteiger partial charge on any atom is 0.257 e. The number of rotatable bonds is 2. The normalized spacial score (nSPS) is 9.44. The molecule has 0 atom stereocenters. The van der Waals surface area contributed by atoms with Crippen LogP contribution in [-0.4, -0.2) is 10.9 Å². The van der Waals surface area contributed by atoms with Gasteiger partial charge in [0, 0.05) is 12.4 Å². The van der Waals surface area contributed by atoms with E-state index in [-0.39, 0.29) is 5.91 Å². The van der Waals surface area contributed by atoms with E-state index in [4.69, 9.17) is 5.26 Å². The number of carbonyl (C=O) groups excluding carboxylic acids is 1. The van der Waals surface area contributed by atoms with E-state index >= 15 is 0 Å². The van der Waals surface area contributed by atoms with Crippen LogP contribution < -0.4 is 5.32 Å². The molecule has 5 heteroatoms. The Labute approximate surface area is 96.2 Å². The molecule has 2 aromatic heterocycles. The van der Waals surface area contributed by atoms with E-state index in [1.807, 2.05) is 6.07 Å². The van der Waals surface area contributed by atoms with Crippen molar-refractivity contribution in [1.82, 2.24) is 4.98 Å². The predicted octanol–water partition coefficient (Wildman–Crippen LogP) is 2.27. The molecule has 0 saturated heterocycles. The molecular weight excluding hydrogens is 222 g/mol. The maximum atomic E-state index is 11.7. The molecule has 0 fully saturated rings. The SMILES string of the molecule is N#Cc1ccc(NC(=O)c2cccnc2)s1. The van der Waals surface area contributed by atoms with Crippen molar-refractivity contribution in [2.75, 3.05) is 5.32 Å². The van der Waals surface area contributed by atoms with Gasteiger partial charge in [-0.05, 0) is 24.3 Å². The molecule has 0 aliphatic carbocycles. The van der Waals surface area contributed by atoms with Crippen LogP contribution in [0.25, 0.3) is 0 Å². The second kappa shape index (κ2) is 4.55. The van der Waals surface area contributed by atoms with Gasteiger partial charge in [-0.25, -0.2) is 0 Å². The summed E-state index contributed by atoms with van der Waals surface area (Å²) in [7, 11) is 0. The molecular formula is C11H7N3OS. The number of hydrogen-bond donors (Lipinski definition) is 1. The highest BCUT2D eigenvalue weighted by atomic mass is 32.1. The van der Waals surface area contributed by atoms with Gasteiger partial charge in [-0.2, -0.15) is 5.26 Å². The van der Waals surface area contributed by atoms with Crippen LogP contribution in [0, 0.1) is 11.3 Å². The minimum Gasteiger partial charge on any atom is -0.313 e. The summed E-state index contributed by atoms with van der Waals surface area (Å²) in [5.41, 5.74) is 0.495. The molecule has 0 spiro atoms. The smallest absolute Gasteiger partial charge is 0.257 e. The van der Waals surface area contributed by atoms with Gasteiger partial charge in [0.25, 0.3) is 5.91 Å². The molecule has 78 valence electrons. The van der Waals surface area contributed by atoms with Gasteiger partial charge in [0.1, 0.15) is 10.9 Å². The van der Waals surface area contributed by atoms with Gasteiger partial charge >= 0.3 is 0 Å². The number of thiophene rings is 1. The van der Waals surface area contributed by atoms with Crippen molar-refractivity contribution < 1.29 is 4.79 Å². The highest BCUT2D eigenvalue weighted by Gasteiger charge is 2.07. The fourth-order valence-electron chi connectivity index (χ4n) is 1.15. The van der Waals surface area contributed by atoms with E-state index in [1.165, 1.54) is 17.5 Å². The van der Waals surface area contributed by atoms with Crippen molar-refractivity contribution in [3.8, 4) is 6.07 Å². The standard InChI is InChI=1S/C11H7N3OS/c12-6-9-3-4-10(16-9)14-11(15)8-2-1-5-13-7-8/h1-5,7H,(H,14,15). The molecule has 0 aliphatic rings. The number of aromatic nitrogens is 1. The highest BCUT2D eigenvalue weighted by Crippen LogP contribution is 2.21. The molecule has 2 heterocycles. The lowest BCUT2D eigenvalue weighted by atomic mass is 10.3. The van der Waals surface area contributed by atoms with Crippen LogP contribution in [0.2, 0.25) is 0 Å². The third-order valence-corrected chi connectivity index (χ3v) is 2.78. The number of amides is 1. The third kappa shape index (κ3) is 2.24. The average molecular weight is 229 g/mol. The van der Waals surface area contributed by atoms with Crippen LogP contribution >= 0.6 is 11.3 Å². The lowest BCUT2D eigenvalue weighted by molar-refractivity contribution is 0.102. The molecule has 1 amide bonds. The molecule has 2 aromatic rings. The molecule has 2 rings (SSSR count). The van der Waals surface area contributed by atoms with E-state index in [2.05, 4.69) is 10.3 Å². The molecule has 0 saturated carbocycles.